The van der Waals surface area contributed by atoms with Crippen LogP contribution in [0.2, 0.25) is 0 Å². The molecule has 0 saturated heterocycles. The second kappa shape index (κ2) is 7.67. The van der Waals surface area contributed by atoms with Crippen molar-refractivity contribution < 1.29 is 14.7 Å². The molecule has 0 aliphatic heterocycles. The third kappa shape index (κ3) is 5.45. The zero-order valence-electron chi connectivity index (χ0n) is 12.0. The molecule has 1 aromatic carbocycles. The molecule has 0 aromatic heterocycles. The largest absolute Gasteiger partial charge is 0.481 e. The normalized spacial score (nSPS) is 15.8. The summed E-state index contributed by atoms with van der Waals surface area (Å²) in [7, 11) is 0. The average Bonchev–Trinajstić information content (AvgIpc) is 2.41. The molecule has 0 bridgehead atoms. The Hall–Kier alpha value is -2.04. The molecule has 1 saturated carbocycles. The fourth-order valence-electron chi connectivity index (χ4n) is 2.39. The number of rotatable bonds is 7. The zero-order chi connectivity index (χ0) is 15.1. The SMILES string of the molecule is O=C(O)CCC(Cc1ccccc1)NC(=O)NC1CCC1. The number of urea groups is 1. The van der Waals surface area contributed by atoms with Crippen molar-refractivity contribution in [3.63, 3.8) is 0 Å². The Kier molecular flexibility index (Phi) is 5.60. The van der Waals surface area contributed by atoms with Gasteiger partial charge in [0.1, 0.15) is 0 Å². The maximum absolute atomic E-state index is 11.9. The molecule has 1 fully saturated rings. The summed E-state index contributed by atoms with van der Waals surface area (Å²) in [6.07, 6.45) is 4.37. The molecule has 0 spiro atoms. The van der Waals surface area contributed by atoms with E-state index in [1.165, 1.54) is 0 Å². The zero-order valence-corrected chi connectivity index (χ0v) is 12.0. The Labute approximate surface area is 124 Å². The number of benzene rings is 1. The first kappa shape index (κ1) is 15.4. The molecule has 21 heavy (non-hydrogen) atoms. The Balaban J connectivity index is 1.87. The van der Waals surface area contributed by atoms with Crippen molar-refractivity contribution in [3.8, 4) is 0 Å². The van der Waals surface area contributed by atoms with E-state index in [1.54, 1.807) is 0 Å². The van der Waals surface area contributed by atoms with Crippen LogP contribution in [0.3, 0.4) is 0 Å². The summed E-state index contributed by atoms with van der Waals surface area (Å²) < 4.78 is 0. The minimum Gasteiger partial charge on any atom is -0.481 e. The van der Waals surface area contributed by atoms with Crippen molar-refractivity contribution in [2.45, 2.75) is 50.6 Å². The molecule has 1 unspecified atom stereocenters. The van der Waals surface area contributed by atoms with E-state index in [0.29, 0.717) is 12.8 Å². The Morgan fingerprint density at radius 3 is 2.52 bits per heavy atom. The summed E-state index contributed by atoms with van der Waals surface area (Å²) in [5.41, 5.74) is 1.09. The minimum atomic E-state index is -0.839. The molecule has 5 heteroatoms. The van der Waals surface area contributed by atoms with Crippen LogP contribution >= 0.6 is 0 Å². The molecule has 1 aliphatic rings. The summed E-state index contributed by atoms with van der Waals surface area (Å²) in [5.74, 6) is -0.839. The number of amides is 2. The van der Waals surface area contributed by atoms with Crippen molar-refractivity contribution in [1.82, 2.24) is 10.6 Å². The van der Waals surface area contributed by atoms with Gasteiger partial charge in [-0.1, -0.05) is 30.3 Å². The van der Waals surface area contributed by atoms with E-state index < -0.39 is 5.97 Å². The lowest BCUT2D eigenvalue weighted by atomic mass is 9.93. The maximum atomic E-state index is 11.9. The molecule has 1 aliphatic carbocycles. The number of carbonyl (C=O) groups is 2. The van der Waals surface area contributed by atoms with Gasteiger partial charge in [-0.05, 0) is 37.7 Å². The lowest BCUT2D eigenvalue weighted by Crippen LogP contribution is -2.49. The number of hydrogen-bond acceptors (Lipinski definition) is 2. The van der Waals surface area contributed by atoms with Crippen molar-refractivity contribution >= 4 is 12.0 Å². The predicted molar refractivity (Wildman–Crippen MR) is 80.1 cm³/mol. The number of carboxylic acids is 1. The molecular formula is C16H22N2O3. The number of carboxylic acid groups (broad SMARTS) is 1. The highest BCUT2D eigenvalue weighted by molar-refractivity contribution is 5.75. The molecule has 0 heterocycles. The monoisotopic (exact) mass is 290 g/mol. The van der Waals surface area contributed by atoms with Crippen LogP contribution in [-0.2, 0) is 11.2 Å². The molecule has 3 N–H and O–H groups in total. The number of carbonyl (C=O) groups excluding carboxylic acids is 1. The lowest BCUT2D eigenvalue weighted by molar-refractivity contribution is -0.137. The fourth-order valence-corrected chi connectivity index (χ4v) is 2.39. The first-order valence-corrected chi connectivity index (χ1v) is 7.46. The van der Waals surface area contributed by atoms with Crippen molar-refractivity contribution in [2.24, 2.45) is 0 Å². The Morgan fingerprint density at radius 2 is 1.95 bits per heavy atom. The Bertz CT molecular complexity index is 472. The van der Waals surface area contributed by atoms with Gasteiger partial charge in [-0.25, -0.2) is 4.79 Å². The van der Waals surface area contributed by atoms with Crippen molar-refractivity contribution in [2.75, 3.05) is 0 Å². The third-order valence-electron chi connectivity index (χ3n) is 3.81. The molecule has 2 rings (SSSR count). The van der Waals surface area contributed by atoms with Gasteiger partial charge in [0.15, 0.2) is 0 Å². The van der Waals surface area contributed by atoms with Crippen LogP contribution in [0.4, 0.5) is 4.79 Å². The number of nitrogens with one attached hydrogen (secondary N) is 2. The molecular weight excluding hydrogens is 268 g/mol. The van der Waals surface area contributed by atoms with E-state index in [2.05, 4.69) is 10.6 Å². The summed E-state index contributed by atoms with van der Waals surface area (Å²) in [6.45, 7) is 0. The minimum absolute atomic E-state index is 0.0568. The van der Waals surface area contributed by atoms with Gasteiger partial charge in [-0.15, -0.1) is 0 Å². The molecule has 5 nitrogen and oxygen atoms in total. The lowest BCUT2D eigenvalue weighted by Gasteiger charge is -2.28. The van der Waals surface area contributed by atoms with Crippen LogP contribution < -0.4 is 10.6 Å². The van der Waals surface area contributed by atoms with E-state index in [4.69, 9.17) is 5.11 Å². The van der Waals surface area contributed by atoms with Gasteiger partial charge >= 0.3 is 12.0 Å². The van der Waals surface area contributed by atoms with Gasteiger partial charge in [0.25, 0.3) is 0 Å². The summed E-state index contributed by atoms with van der Waals surface area (Å²) in [5, 5.41) is 14.7. The van der Waals surface area contributed by atoms with Crippen LogP contribution in [-0.4, -0.2) is 29.2 Å². The molecule has 2 amide bonds. The van der Waals surface area contributed by atoms with Crippen LogP contribution in [0.15, 0.2) is 30.3 Å². The number of aliphatic carboxylic acids is 1. The van der Waals surface area contributed by atoms with Crippen LogP contribution in [0, 0.1) is 0 Å². The highest BCUT2D eigenvalue weighted by Gasteiger charge is 2.21. The summed E-state index contributed by atoms with van der Waals surface area (Å²) in [6, 6.07) is 9.72. The quantitative estimate of drug-likeness (QED) is 0.721. The van der Waals surface area contributed by atoms with Gasteiger partial charge < -0.3 is 15.7 Å². The van der Waals surface area contributed by atoms with Crippen LogP contribution in [0.25, 0.3) is 0 Å². The number of hydrogen-bond donors (Lipinski definition) is 3. The van der Waals surface area contributed by atoms with E-state index in [1.807, 2.05) is 30.3 Å². The topological polar surface area (TPSA) is 78.4 Å². The van der Waals surface area contributed by atoms with E-state index in [-0.39, 0.29) is 24.5 Å². The van der Waals surface area contributed by atoms with Crippen LogP contribution in [0.1, 0.15) is 37.7 Å². The smallest absolute Gasteiger partial charge is 0.315 e. The summed E-state index contributed by atoms with van der Waals surface area (Å²) in [4.78, 5) is 22.7. The highest BCUT2D eigenvalue weighted by atomic mass is 16.4. The maximum Gasteiger partial charge on any atom is 0.315 e. The fraction of sp³-hybridized carbons (Fsp3) is 0.500. The van der Waals surface area contributed by atoms with Crippen molar-refractivity contribution in [3.05, 3.63) is 35.9 Å². The first-order valence-electron chi connectivity index (χ1n) is 7.46. The predicted octanol–water partition coefficient (Wildman–Crippen LogP) is 2.31. The van der Waals surface area contributed by atoms with Gasteiger partial charge in [0.05, 0.1) is 0 Å². The molecule has 1 aromatic rings. The van der Waals surface area contributed by atoms with Gasteiger partial charge in [-0.2, -0.15) is 0 Å². The van der Waals surface area contributed by atoms with Crippen LogP contribution in [0.5, 0.6) is 0 Å². The highest BCUT2D eigenvalue weighted by Crippen LogP contribution is 2.17. The average molecular weight is 290 g/mol. The van der Waals surface area contributed by atoms with E-state index in [9.17, 15) is 9.59 Å². The van der Waals surface area contributed by atoms with Gasteiger partial charge in [0.2, 0.25) is 0 Å². The second-order valence-electron chi connectivity index (χ2n) is 5.56. The molecule has 114 valence electrons. The van der Waals surface area contributed by atoms with Gasteiger partial charge in [-0.3, -0.25) is 4.79 Å². The van der Waals surface area contributed by atoms with E-state index in [0.717, 1.165) is 24.8 Å². The van der Waals surface area contributed by atoms with E-state index >= 15 is 0 Å². The Morgan fingerprint density at radius 1 is 1.24 bits per heavy atom. The van der Waals surface area contributed by atoms with Gasteiger partial charge in [0, 0.05) is 18.5 Å². The first-order chi connectivity index (χ1) is 10.1. The third-order valence-corrected chi connectivity index (χ3v) is 3.81. The standard InChI is InChI=1S/C16H22N2O3/c19-15(20)10-9-14(11-12-5-2-1-3-6-12)18-16(21)17-13-7-4-8-13/h1-3,5-6,13-14H,4,7-11H2,(H,19,20)(H2,17,18,21). The summed E-state index contributed by atoms with van der Waals surface area (Å²) >= 11 is 0. The molecule has 1 atom stereocenters. The second-order valence-corrected chi connectivity index (χ2v) is 5.56. The van der Waals surface area contributed by atoms with Crippen molar-refractivity contribution in [1.29, 1.82) is 0 Å². The molecule has 0 radical (unpaired) electrons.